The number of carbonyl (C=O) groups is 2. The molecule has 9 heteroatoms. The van der Waals surface area contributed by atoms with Crippen molar-refractivity contribution in [2.45, 2.75) is 33.2 Å². The number of aliphatic hydroxyl groups excluding tert-OH is 1. The number of halogens is 1. The Labute approximate surface area is 224 Å². The van der Waals surface area contributed by atoms with Gasteiger partial charge < -0.3 is 14.9 Å². The Bertz CT molecular complexity index is 1540. The van der Waals surface area contributed by atoms with Gasteiger partial charge in [0.1, 0.15) is 0 Å². The summed E-state index contributed by atoms with van der Waals surface area (Å²) in [5.74, 6) is -1.38. The van der Waals surface area contributed by atoms with Gasteiger partial charge in [0.25, 0.3) is 5.91 Å². The third-order valence-corrected chi connectivity index (χ3v) is 8.45. The summed E-state index contributed by atoms with van der Waals surface area (Å²) < 4.78 is 1.96. The monoisotopic (exact) mass is 536 g/mol. The second-order valence-electron chi connectivity index (χ2n) is 9.16. The third-order valence-electron chi connectivity index (χ3n) is 7.07. The highest BCUT2D eigenvalue weighted by atomic mass is 35.5. The Morgan fingerprint density at radius 1 is 1.16 bits per heavy atom. The molecule has 1 unspecified atom stereocenters. The smallest absolute Gasteiger partial charge is 0.290 e. The molecule has 4 aromatic rings. The lowest BCUT2D eigenvalue weighted by Crippen LogP contribution is -2.34. The van der Waals surface area contributed by atoms with Crippen LogP contribution in [0.15, 0.2) is 59.9 Å². The van der Waals surface area contributed by atoms with E-state index in [2.05, 4.69) is 23.7 Å². The van der Waals surface area contributed by atoms with Gasteiger partial charge in [0.15, 0.2) is 10.7 Å². The zero-order valence-corrected chi connectivity index (χ0v) is 22.6. The summed E-state index contributed by atoms with van der Waals surface area (Å²) in [7, 11) is 0. The van der Waals surface area contributed by atoms with Crippen LogP contribution in [0.1, 0.15) is 47.2 Å². The number of para-hydroxylation sites is 2. The average molecular weight is 537 g/mol. The summed E-state index contributed by atoms with van der Waals surface area (Å²) in [4.78, 5) is 37.1. The number of thiazole rings is 1. The van der Waals surface area contributed by atoms with Crippen LogP contribution in [-0.4, -0.2) is 62.2 Å². The van der Waals surface area contributed by atoms with E-state index in [9.17, 15) is 14.7 Å². The lowest BCUT2D eigenvalue weighted by molar-refractivity contribution is -0.129. The molecule has 1 aliphatic heterocycles. The molecule has 1 amide bonds. The Balaban J connectivity index is 1.55. The molecule has 1 aliphatic rings. The number of nitrogens with zero attached hydrogens (tertiary/aromatic N) is 4. The van der Waals surface area contributed by atoms with Gasteiger partial charge in [0.05, 0.1) is 27.5 Å². The third kappa shape index (κ3) is 4.43. The fourth-order valence-corrected chi connectivity index (χ4v) is 6.43. The van der Waals surface area contributed by atoms with Gasteiger partial charge in [-0.05, 0) is 62.8 Å². The van der Waals surface area contributed by atoms with Gasteiger partial charge in [-0.25, -0.2) is 4.98 Å². The number of hydrogen-bond acceptors (Lipinski definition) is 6. The maximum absolute atomic E-state index is 14.0. The van der Waals surface area contributed by atoms with Crippen molar-refractivity contribution in [3.05, 3.63) is 81.0 Å². The Kier molecular flexibility index (Phi) is 7.07. The number of Topliss-reactive ketones (excluding diaryl/α,β-unsaturated/α-hetero) is 1. The summed E-state index contributed by atoms with van der Waals surface area (Å²) in [5.41, 5.74) is 3.28. The summed E-state index contributed by atoms with van der Waals surface area (Å²) in [6, 6.07) is 14.2. The minimum absolute atomic E-state index is 0.0898. The molecule has 2 aromatic heterocycles. The van der Waals surface area contributed by atoms with E-state index in [0.717, 1.165) is 42.8 Å². The summed E-state index contributed by atoms with van der Waals surface area (Å²) in [6.45, 7) is 9.14. The van der Waals surface area contributed by atoms with Crippen molar-refractivity contribution < 1.29 is 14.7 Å². The molecule has 0 saturated carbocycles. The molecule has 1 N–H and O–H groups in total. The number of benzene rings is 2. The molecule has 7 nitrogen and oxygen atoms in total. The molecule has 2 aromatic carbocycles. The Morgan fingerprint density at radius 2 is 1.92 bits per heavy atom. The molecule has 1 atom stereocenters. The fraction of sp³-hybridized carbons (Fsp3) is 0.321. The minimum atomic E-state index is -0.721. The molecule has 37 heavy (non-hydrogen) atoms. The van der Waals surface area contributed by atoms with Crippen LogP contribution in [0, 0.1) is 6.92 Å². The van der Waals surface area contributed by atoms with E-state index in [1.807, 2.05) is 41.7 Å². The second-order valence-corrected chi connectivity index (χ2v) is 10.6. The first-order chi connectivity index (χ1) is 17.8. The van der Waals surface area contributed by atoms with Crippen LogP contribution in [0.4, 0.5) is 0 Å². The van der Waals surface area contributed by atoms with Gasteiger partial charge in [-0.15, -0.1) is 0 Å². The number of rotatable bonds is 9. The van der Waals surface area contributed by atoms with E-state index >= 15 is 0 Å². The van der Waals surface area contributed by atoms with Gasteiger partial charge in [-0.1, -0.05) is 61.1 Å². The molecule has 0 saturated heterocycles. The highest BCUT2D eigenvalue weighted by Crippen LogP contribution is 2.41. The Hall–Kier alpha value is -3.20. The predicted octanol–water partition coefficient (Wildman–Crippen LogP) is 5.82. The lowest BCUT2D eigenvalue weighted by atomic mass is 9.95. The summed E-state index contributed by atoms with van der Waals surface area (Å²) >= 11 is 7.58. The van der Waals surface area contributed by atoms with Gasteiger partial charge >= 0.3 is 0 Å². The number of aryl methyl sites for hydroxylation is 1. The van der Waals surface area contributed by atoms with E-state index < -0.39 is 17.7 Å². The number of aromatic nitrogens is 2. The lowest BCUT2D eigenvalue weighted by Gasteiger charge is -2.28. The SMILES string of the molecule is CCN(CC)CCCN1C(=O)C(O)=C(C(=O)c2sc3nc4ccccc4n3c2C)C1c1cccc(Cl)c1. The zero-order valence-electron chi connectivity index (χ0n) is 21.1. The standard InChI is InChI=1S/C28H29ClN4O3S/c1-4-31(5-2)14-9-15-32-23(18-10-8-11-19(29)16-18)22(25(35)27(32)36)24(34)26-17(3)33-21-13-7-6-12-20(21)30-28(33)37-26/h6-8,10-13,16,23,35H,4-5,9,14-15H2,1-3H3. The van der Waals surface area contributed by atoms with Crippen molar-refractivity contribution in [3.63, 3.8) is 0 Å². The topological polar surface area (TPSA) is 78.2 Å². The first-order valence-corrected chi connectivity index (χ1v) is 13.7. The van der Waals surface area contributed by atoms with Crippen molar-refractivity contribution in [2.75, 3.05) is 26.2 Å². The van der Waals surface area contributed by atoms with Crippen LogP contribution in [-0.2, 0) is 4.79 Å². The maximum Gasteiger partial charge on any atom is 0.290 e. The van der Waals surface area contributed by atoms with Gasteiger partial charge in [0.2, 0.25) is 5.78 Å². The molecule has 192 valence electrons. The molecule has 0 radical (unpaired) electrons. The molecular formula is C28H29ClN4O3S. The minimum Gasteiger partial charge on any atom is -0.503 e. The molecule has 0 spiro atoms. The molecule has 0 aliphatic carbocycles. The Morgan fingerprint density at radius 3 is 2.65 bits per heavy atom. The zero-order chi connectivity index (χ0) is 26.3. The van der Waals surface area contributed by atoms with E-state index in [4.69, 9.17) is 11.6 Å². The van der Waals surface area contributed by atoms with E-state index in [1.54, 1.807) is 23.1 Å². The van der Waals surface area contributed by atoms with Crippen LogP contribution in [0.25, 0.3) is 16.0 Å². The first kappa shape index (κ1) is 25.4. The highest BCUT2D eigenvalue weighted by molar-refractivity contribution is 7.19. The van der Waals surface area contributed by atoms with E-state index in [0.29, 0.717) is 27.0 Å². The number of fused-ring (bicyclic) bond motifs is 3. The van der Waals surface area contributed by atoms with Crippen molar-refractivity contribution in [2.24, 2.45) is 0 Å². The van der Waals surface area contributed by atoms with Crippen LogP contribution in [0.3, 0.4) is 0 Å². The fourth-order valence-electron chi connectivity index (χ4n) is 5.14. The van der Waals surface area contributed by atoms with Crippen molar-refractivity contribution in [1.82, 2.24) is 19.2 Å². The average Bonchev–Trinajstić information content (AvgIpc) is 3.50. The van der Waals surface area contributed by atoms with Crippen molar-refractivity contribution in [1.29, 1.82) is 0 Å². The van der Waals surface area contributed by atoms with Crippen LogP contribution in [0.5, 0.6) is 0 Å². The maximum atomic E-state index is 14.0. The van der Waals surface area contributed by atoms with Crippen LogP contribution < -0.4 is 0 Å². The molecule has 3 heterocycles. The van der Waals surface area contributed by atoms with Gasteiger partial charge in [0, 0.05) is 17.3 Å². The van der Waals surface area contributed by atoms with Crippen LogP contribution >= 0.6 is 22.9 Å². The number of ketones is 1. The number of aliphatic hydroxyl groups is 1. The van der Waals surface area contributed by atoms with Crippen molar-refractivity contribution >= 4 is 50.6 Å². The van der Waals surface area contributed by atoms with E-state index in [1.165, 1.54) is 11.3 Å². The van der Waals surface area contributed by atoms with Gasteiger partial charge in [-0.2, -0.15) is 0 Å². The molecule has 5 rings (SSSR count). The first-order valence-electron chi connectivity index (χ1n) is 12.5. The normalized spacial score (nSPS) is 16.2. The predicted molar refractivity (Wildman–Crippen MR) is 148 cm³/mol. The second kappa shape index (κ2) is 10.3. The van der Waals surface area contributed by atoms with Crippen molar-refractivity contribution in [3.8, 4) is 0 Å². The van der Waals surface area contributed by atoms with Crippen LogP contribution in [0.2, 0.25) is 5.02 Å². The van der Waals surface area contributed by atoms with Gasteiger partial charge in [-0.3, -0.25) is 14.0 Å². The number of hydrogen-bond donors (Lipinski definition) is 1. The number of imidazole rings is 1. The summed E-state index contributed by atoms with van der Waals surface area (Å²) in [6.07, 6.45) is 0.719. The molecular weight excluding hydrogens is 508 g/mol. The summed E-state index contributed by atoms with van der Waals surface area (Å²) in [5, 5.41) is 11.6. The highest BCUT2D eigenvalue weighted by Gasteiger charge is 2.44. The van der Waals surface area contributed by atoms with E-state index in [-0.39, 0.29) is 11.4 Å². The number of amides is 1. The largest absolute Gasteiger partial charge is 0.503 e. The molecule has 0 bridgehead atoms. The molecule has 0 fully saturated rings. The quantitative estimate of drug-likeness (QED) is 0.273. The number of carbonyl (C=O) groups excluding carboxylic acids is 2.